The molecule has 1 heterocycles. The van der Waals surface area contributed by atoms with Gasteiger partial charge in [0.25, 0.3) is 0 Å². The van der Waals surface area contributed by atoms with Crippen molar-refractivity contribution < 1.29 is 0 Å². The van der Waals surface area contributed by atoms with Crippen LogP contribution in [0.25, 0.3) is 60.2 Å². The van der Waals surface area contributed by atoms with E-state index in [0.29, 0.717) is 0 Å². The second kappa shape index (κ2) is 12.9. The van der Waals surface area contributed by atoms with Crippen molar-refractivity contribution in [2.75, 3.05) is 4.90 Å². The highest BCUT2D eigenvalue weighted by Crippen LogP contribution is 2.53. The lowest BCUT2D eigenvalue weighted by atomic mass is 9.81. The SMILES string of the molecule is CC1(C)c2cc(C#Cc3ccc(N(c4ccccc4)c4ccccc4)cc3)ccc2-c2ccc3c4ccccc4n(-c4cc5ccccc5c5ccccc45)c3c21. The van der Waals surface area contributed by atoms with Crippen LogP contribution in [-0.4, -0.2) is 4.57 Å². The number of aromatic nitrogens is 1. The van der Waals surface area contributed by atoms with Crippen LogP contribution < -0.4 is 4.90 Å². The summed E-state index contributed by atoms with van der Waals surface area (Å²) in [6.07, 6.45) is 0. The van der Waals surface area contributed by atoms with Gasteiger partial charge in [-0.2, -0.15) is 0 Å². The molecule has 0 N–H and O–H groups in total. The van der Waals surface area contributed by atoms with Gasteiger partial charge in [-0.15, -0.1) is 0 Å². The Morgan fingerprint density at radius 1 is 0.439 bits per heavy atom. The van der Waals surface area contributed by atoms with Crippen molar-refractivity contribution in [2.24, 2.45) is 0 Å². The van der Waals surface area contributed by atoms with Crippen LogP contribution in [0.5, 0.6) is 0 Å². The Balaban J connectivity index is 1.01. The summed E-state index contributed by atoms with van der Waals surface area (Å²) in [6, 6.07) is 70.0. The second-order valence-corrected chi connectivity index (χ2v) is 15.6. The number of fused-ring (bicyclic) bond motifs is 10. The van der Waals surface area contributed by atoms with E-state index in [4.69, 9.17) is 0 Å². The Labute approximate surface area is 332 Å². The Kier molecular flexibility index (Phi) is 7.46. The first-order chi connectivity index (χ1) is 28.0. The van der Waals surface area contributed by atoms with Gasteiger partial charge in [0.1, 0.15) is 0 Å². The van der Waals surface area contributed by atoms with E-state index in [9.17, 15) is 0 Å². The van der Waals surface area contributed by atoms with Crippen molar-refractivity contribution in [3.8, 4) is 28.7 Å². The van der Waals surface area contributed by atoms with E-state index in [1.54, 1.807) is 0 Å². The monoisotopic (exact) mass is 726 g/mol. The lowest BCUT2D eigenvalue weighted by Gasteiger charge is -2.25. The highest BCUT2D eigenvalue weighted by atomic mass is 15.1. The molecule has 2 heteroatoms. The molecule has 0 unspecified atom stereocenters. The molecular weight excluding hydrogens is 689 g/mol. The molecule has 268 valence electrons. The fraction of sp³-hybridized carbons (Fsp3) is 0.0545. The number of para-hydroxylation sites is 3. The average Bonchev–Trinajstić information content (AvgIpc) is 3.71. The lowest BCUT2D eigenvalue weighted by molar-refractivity contribution is 0.663. The van der Waals surface area contributed by atoms with E-state index in [1.165, 1.54) is 71.3 Å². The first kappa shape index (κ1) is 33.0. The Hall–Kier alpha value is -7.34. The van der Waals surface area contributed by atoms with Gasteiger partial charge in [-0.05, 0) is 111 Å². The predicted molar refractivity (Wildman–Crippen MR) is 240 cm³/mol. The summed E-state index contributed by atoms with van der Waals surface area (Å²) in [5, 5.41) is 7.60. The second-order valence-electron chi connectivity index (χ2n) is 15.6. The van der Waals surface area contributed by atoms with Crippen molar-refractivity contribution in [3.63, 3.8) is 0 Å². The molecule has 0 saturated heterocycles. The molecule has 0 bridgehead atoms. The molecule has 1 aromatic heterocycles. The number of rotatable bonds is 4. The van der Waals surface area contributed by atoms with E-state index in [1.807, 2.05) is 0 Å². The predicted octanol–water partition coefficient (Wildman–Crippen LogP) is 14.3. The molecule has 11 rings (SSSR count). The number of hydrogen-bond acceptors (Lipinski definition) is 1. The molecule has 0 atom stereocenters. The molecule has 1 aliphatic rings. The first-order valence-corrected chi connectivity index (χ1v) is 19.7. The minimum absolute atomic E-state index is 0.263. The van der Waals surface area contributed by atoms with Crippen molar-refractivity contribution in [3.05, 3.63) is 216 Å². The molecule has 0 spiro atoms. The summed E-state index contributed by atoms with van der Waals surface area (Å²) < 4.78 is 2.55. The molecule has 0 radical (unpaired) electrons. The van der Waals surface area contributed by atoms with Crippen molar-refractivity contribution >= 4 is 60.4 Å². The first-order valence-electron chi connectivity index (χ1n) is 19.7. The molecule has 0 amide bonds. The Morgan fingerprint density at radius 3 is 1.74 bits per heavy atom. The fourth-order valence-electron chi connectivity index (χ4n) is 9.33. The van der Waals surface area contributed by atoms with Gasteiger partial charge in [0.15, 0.2) is 0 Å². The van der Waals surface area contributed by atoms with Crippen molar-refractivity contribution in [1.29, 1.82) is 0 Å². The maximum atomic E-state index is 3.53. The zero-order valence-electron chi connectivity index (χ0n) is 31.9. The highest BCUT2D eigenvalue weighted by molar-refractivity contribution is 6.17. The summed E-state index contributed by atoms with van der Waals surface area (Å²) in [5.41, 5.74) is 14.0. The average molecular weight is 727 g/mol. The van der Waals surface area contributed by atoms with E-state index >= 15 is 0 Å². The smallest absolute Gasteiger partial charge is 0.0588 e. The molecule has 0 saturated carbocycles. The molecule has 2 nitrogen and oxygen atoms in total. The van der Waals surface area contributed by atoms with E-state index in [0.717, 1.165) is 28.2 Å². The number of hydrogen-bond donors (Lipinski definition) is 0. The van der Waals surface area contributed by atoms with Crippen LogP contribution in [0.3, 0.4) is 0 Å². The van der Waals surface area contributed by atoms with Gasteiger partial charge in [-0.1, -0.05) is 147 Å². The summed E-state index contributed by atoms with van der Waals surface area (Å²) in [7, 11) is 0. The maximum Gasteiger partial charge on any atom is 0.0588 e. The number of benzene rings is 9. The molecule has 0 fully saturated rings. The third-order valence-corrected chi connectivity index (χ3v) is 11.9. The van der Waals surface area contributed by atoms with Crippen LogP contribution in [-0.2, 0) is 5.41 Å². The summed E-state index contributed by atoms with van der Waals surface area (Å²) in [4.78, 5) is 2.27. The topological polar surface area (TPSA) is 8.17 Å². The van der Waals surface area contributed by atoms with E-state index in [2.05, 4.69) is 229 Å². The van der Waals surface area contributed by atoms with E-state index < -0.39 is 0 Å². The van der Waals surface area contributed by atoms with Gasteiger partial charge in [-0.3, -0.25) is 0 Å². The Morgan fingerprint density at radius 2 is 1.00 bits per heavy atom. The van der Waals surface area contributed by atoms with Gasteiger partial charge in [0.2, 0.25) is 0 Å². The normalized spacial score (nSPS) is 12.7. The fourth-order valence-corrected chi connectivity index (χ4v) is 9.33. The van der Waals surface area contributed by atoms with Crippen LogP contribution in [0, 0.1) is 11.8 Å². The largest absolute Gasteiger partial charge is 0.311 e. The Bertz CT molecular complexity index is 3210. The summed E-state index contributed by atoms with van der Waals surface area (Å²) >= 11 is 0. The lowest BCUT2D eigenvalue weighted by Crippen LogP contribution is -2.17. The van der Waals surface area contributed by atoms with Gasteiger partial charge in [0, 0.05) is 49.8 Å². The minimum atomic E-state index is -0.263. The standard InChI is InChI=1S/C55H38N2/c1-55(2)50-35-38(26-25-37-27-30-42(31-28-37)56(40-16-5-3-6-17-40)41-18-7-4-8-19-41)29-32-45(50)48-33-34-49-47-23-13-14-24-51(47)57(54(49)53(48)55)52-36-39-15-9-10-20-43(39)44-21-11-12-22-46(44)52/h3-24,27-36H,1-2H3. The van der Waals surface area contributed by atoms with Crippen LogP contribution >= 0.6 is 0 Å². The van der Waals surface area contributed by atoms with Crippen molar-refractivity contribution in [2.45, 2.75) is 19.3 Å². The van der Waals surface area contributed by atoms with Gasteiger partial charge in [-0.25, -0.2) is 0 Å². The quantitative estimate of drug-likeness (QED) is 0.129. The minimum Gasteiger partial charge on any atom is -0.311 e. The zero-order valence-corrected chi connectivity index (χ0v) is 31.9. The zero-order chi connectivity index (χ0) is 38.1. The van der Waals surface area contributed by atoms with Crippen LogP contribution in [0.15, 0.2) is 194 Å². The van der Waals surface area contributed by atoms with Crippen molar-refractivity contribution in [1.82, 2.24) is 4.57 Å². The molecule has 57 heavy (non-hydrogen) atoms. The van der Waals surface area contributed by atoms with E-state index in [-0.39, 0.29) is 5.41 Å². The number of nitrogens with zero attached hydrogens (tertiary/aromatic N) is 2. The maximum absolute atomic E-state index is 3.53. The van der Waals surface area contributed by atoms with Crippen LogP contribution in [0.4, 0.5) is 17.1 Å². The van der Waals surface area contributed by atoms with Crippen LogP contribution in [0.1, 0.15) is 36.1 Å². The van der Waals surface area contributed by atoms with Gasteiger partial charge >= 0.3 is 0 Å². The number of anilines is 3. The highest BCUT2D eigenvalue weighted by Gasteiger charge is 2.39. The molecule has 1 aliphatic carbocycles. The van der Waals surface area contributed by atoms with Gasteiger partial charge < -0.3 is 9.47 Å². The van der Waals surface area contributed by atoms with Gasteiger partial charge in [0.05, 0.1) is 16.7 Å². The third-order valence-electron chi connectivity index (χ3n) is 11.9. The third kappa shape index (κ3) is 5.21. The molecule has 9 aromatic carbocycles. The molecule has 0 aliphatic heterocycles. The summed E-state index contributed by atoms with van der Waals surface area (Å²) in [6.45, 7) is 4.78. The summed E-state index contributed by atoms with van der Waals surface area (Å²) in [5.74, 6) is 7.01. The molecule has 10 aromatic rings. The van der Waals surface area contributed by atoms with Crippen LogP contribution in [0.2, 0.25) is 0 Å². The molecular formula is C55H38N2.